The predicted octanol–water partition coefficient (Wildman–Crippen LogP) is 4.55. The standard InChI is InChI=1S/C27H23N5O4/c1-17-23(26(33)30(28-17)20-11-5-3-6-12-20)25(19-10-9-15-22(16-19)32(35)36)24-18(2)29-31(27(24)34)21-13-7-4-8-14-21/h3-16,23,25,29H,1-2H3/t23-,25+/m1/s1. The maximum absolute atomic E-state index is 13.8. The number of aromatic nitrogens is 2. The van der Waals surface area contributed by atoms with Crippen LogP contribution in [0.15, 0.2) is 94.8 Å². The predicted molar refractivity (Wildman–Crippen MR) is 137 cm³/mol. The lowest BCUT2D eigenvalue weighted by Gasteiger charge is -2.23. The number of carbonyl (C=O) groups excluding carboxylic acids is 1. The number of hydrazone groups is 1. The Morgan fingerprint density at radius 2 is 1.56 bits per heavy atom. The van der Waals surface area contributed by atoms with Gasteiger partial charge in [0.25, 0.3) is 17.2 Å². The summed E-state index contributed by atoms with van der Waals surface area (Å²) in [4.78, 5) is 38.6. The maximum Gasteiger partial charge on any atom is 0.275 e. The van der Waals surface area contributed by atoms with Gasteiger partial charge in [-0.25, -0.2) is 9.69 Å². The van der Waals surface area contributed by atoms with Crippen molar-refractivity contribution in [3.8, 4) is 5.69 Å². The third kappa shape index (κ3) is 3.90. The van der Waals surface area contributed by atoms with Gasteiger partial charge in [-0.05, 0) is 43.7 Å². The lowest BCUT2D eigenvalue weighted by molar-refractivity contribution is -0.384. The number of nitro benzene ring substituents is 1. The first kappa shape index (κ1) is 23.0. The van der Waals surface area contributed by atoms with Crippen LogP contribution in [0.1, 0.15) is 29.7 Å². The lowest BCUT2D eigenvalue weighted by Crippen LogP contribution is -2.34. The quantitative estimate of drug-likeness (QED) is 0.321. The van der Waals surface area contributed by atoms with E-state index in [9.17, 15) is 19.7 Å². The number of para-hydroxylation sites is 2. The molecule has 180 valence electrons. The molecule has 1 amide bonds. The molecule has 4 aromatic rings. The Bertz CT molecular complexity index is 1540. The molecule has 0 saturated carbocycles. The topological polar surface area (TPSA) is 114 Å². The van der Waals surface area contributed by atoms with Gasteiger partial charge in [-0.3, -0.25) is 24.8 Å². The summed E-state index contributed by atoms with van der Waals surface area (Å²) < 4.78 is 1.43. The molecule has 3 aromatic carbocycles. The first-order chi connectivity index (χ1) is 17.4. The van der Waals surface area contributed by atoms with Gasteiger partial charge in [0, 0.05) is 35.0 Å². The zero-order valence-corrected chi connectivity index (χ0v) is 19.7. The van der Waals surface area contributed by atoms with Crippen LogP contribution in [0.5, 0.6) is 0 Å². The molecule has 0 bridgehead atoms. The summed E-state index contributed by atoms with van der Waals surface area (Å²) in [5.74, 6) is -1.91. The summed E-state index contributed by atoms with van der Waals surface area (Å²) in [6.45, 7) is 3.51. The number of H-pyrrole nitrogens is 1. The molecule has 9 nitrogen and oxygen atoms in total. The molecule has 0 unspecified atom stereocenters. The number of carbonyl (C=O) groups is 1. The van der Waals surface area contributed by atoms with E-state index in [0.717, 1.165) is 0 Å². The van der Waals surface area contributed by atoms with E-state index in [2.05, 4.69) is 10.2 Å². The molecular weight excluding hydrogens is 458 g/mol. The number of nitrogens with one attached hydrogen (secondary N) is 1. The van der Waals surface area contributed by atoms with E-state index < -0.39 is 16.8 Å². The van der Waals surface area contributed by atoms with Crippen LogP contribution in [0.25, 0.3) is 5.69 Å². The Labute approximate surface area is 206 Å². The van der Waals surface area contributed by atoms with Crippen LogP contribution in [-0.4, -0.2) is 26.3 Å². The largest absolute Gasteiger partial charge is 0.295 e. The number of nitro groups is 1. The Morgan fingerprint density at radius 3 is 2.19 bits per heavy atom. The summed E-state index contributed by atoms with van der Waals surface area (Å²) >= 11 is 0. The van der Waals surface area contributed by atoms with E-state index in [-0.39, 0.29) is 17.2 Å². The van der Waals surface area contributed by atoms with Crippen LogP contribution in [0, 0.1) is 23.0 Å². The average molecular weight is 482 g/mol. The summed E-state index contributed by atoms with van der Waals surface area (Å²) in [6.07, 6.45) is 0. The van der Waals surface area contributed by atoms with Gasteiger partial charge in [0.2, 0.25) is 0 Å². The minimum Gasteiger partial charge on any atom is -0.295 e. The second-order valence-corrected chi connectivity index (χ2v) is 8.66. The van der Waals surface area contributed by atoms with Gasteiger partial charge < -0.3 is 0 Å². The van der Waals surface area contributed by atoms with Gasteiger partial charge in [-0.1, -0.05) is 48.5 Å². The molecule has 0 fully saturated rings. The van der Waals surface area contributed by atoms with Gasteiger partial charge in [-0.2, -0.15) is 5.10 Å². The van der Waals surface area contributed by atoms with Crippen molar-refractivity contribution in [2.75, 3.05) is 5.01 Å². The molecule has 2 heterocycles. The third-order valence-corrected chi connectivity index (χ3v) is 6.40. The smallest absolute Gasteiger partial charge is 0.275 e. The van der Waals surface area contributed by atoms with E-state index >= 15 is 0 Å². The molecule has 9 heteroatoms. The SMILES string of the molecule is CC1=NN(c2ccccc2)C(=O)[C@H]1[C@H](c1cccc([N+](=O)[O-])c1)c1c(C)[nH]n(-c2ccccc2)c1=O. The van der Waals surface area contributed by atoms with Gasteiger partial charge in [-0.15, -0.1) is 0 Å². The van der Waals surface area contributed by atoms with Crippen molar-refractivity contribution in [2.24, 2.45) is 11.0 Å². The van der Waals surface area contributed by atoms with Crippen LogP contribution >= 0.6 is 0 Å². The van der Waals surface area contributed by atoms with Crippen molar-refractivity contribution in [1.82, 2.24) is 9.78 Å². The number of anilines is 1. The zero-order chi connectivity index (χ0) is 25.4. The molecule has 0 spiro atoms. The fourth-order valence-electron chi connectivity index (χ4n) is 4.76. The molecule has 0 aliphatic carbocycles. The van der Waals surface area contributed by atoms with E-state index in [4.69, 9.17) is 0 Å². The van der Waals surface area contributed by atoms with Crippen LogP contribution in [0.3, 0.4) is 0 Å². The van der Waals surface area contributed by atoms with Crippen molar-refractivity contribution < 1.29 is 9.72 Å². The molecule has 36 heavy (non-hydrogen) atoms. The molecule has 2 atom stereocenters. The number of hydrogen-bond acceptors (Lipinski definition) is 5. The average Bonchev–Trinajstić information content (AvgIpc) is 3.36. The van der Waals surface area contributed by atoms with Gasteiger partial charge >= 0.3 is 0 Å². The lowest BCUT2D eigenvalue weighted by atomic mass is 9.78. The minimum absolute atomic E-state index is 0.117. The van der Waals surface area contributed by atoms with Gasteiger partial charge in [0.05, 0.1) is 22.2 Å². The zero-order valence-electron chi connectivity index (χ0n) is 19.7. The highest BCUT2D eigenvalue weighted by atomic mass is 16.6. The number of aryl methyl sites for hydroxylation is 1. The van der Waals surface area contributed by atoms with Crippen LogP contribution in [0.4, 0.5) is 11.4 Å². The Morgan fingerprint density at radius 1 is 0.917 bits per heavy atom. The second-order valence-electron chi connectivity index (χ2n) is 8.66. The molecule has 1 aromatic heterocycles. The van der Waals surface area contributed by atoms with Crippen molar-refractivity contribution >= 4 is 23.0 Å². The fraction of sp³-hybridized carbons (Fsp3) is 0.148. The number of non-ortho nitro benzene ring substituents is 1. The van der Waals surface area contributed by atoms with E-state index in [1.54, 1.807) is 50.2 Å². The summed E-state index contributed by atoms with van der Waals surface area (Å²) in [6, 6.07) is 24.2. The highest BCUT2D eigenvalue weighted by molar-refractivity contribution is 6.15. The number of amides is 1. The van der Waals surface area contributed by atoms with Crippen LogP contribution in [0.2, 0.25) is 0 Å². The monoisotopic (exact) mass is 481 g/mol. The minimum atomic E-state index is -0.821. The molecule has 1 aliphatic heterocycles. The number of benzene rings is 3. The van der Waals surface area contributed by atoms with Crippen molar-refractivity contribution in [3.05, 3.63) is 122 Å². The van der Waals surface area contributed by atoms with E-state index in [1.165, 1.54) is 21.8 Å². The highest BCUT2D eigenvalue weighted by Gasteiger charge is 2.43. The summed E-state index contributed by atoms with van der Waals surface area (Å²) in [5, 5.41) is 20.5. The van der Waals surface area contributed by atoms with Crippen molar-refractivity contribution in [2.45, 2.75) is 19.8 Å². The van der Waals surface area contributed by atoms with Gasteiger partial charge in [0.15, 0.2) is 0 Å². The Kier molecular flexibility index (Phi) is 5.81. The Balaban J connectivity index is 1.69. The van der Waals surface area contributed by atoms with Crippen molar-refractivity contribution in [1.29, 1.82) is 0 Å². The van der Waals surface area contributed by atoms with E-state index in [0.29, 0.717) is 33.9 Å². The number of rotatable bonds is 6. The fourth-order valence-corrected chi connectivity index (χ4v) is 4.76. The molecule has 1 N–H and O–H groups in total. The number of hydrogen-bond donors (Lipinski definition) is 1. The second kappa shape index (κ2) is 9.10. The molecule has 0 radical (unpaired) electrons. The van der Waals surface area contributed by atoms with Crippen molar-refractivity contribution in [3.63, 3.8) is 0 Å². The van der Waals surface area contributed by atoms with Crippen LogP contribution < -0.4 is 10.6 Å². The highest BCUT2D eigenvalue weighted by Crippen LogP contribution is 2.39. The number of aromatic amines is 1. The first-order valence-electron chi connectivity index (χ1n) is 11.4. The number of nitrogens with zero attached hydrogens (tertiary/aromatic N) is 4. The van der Waals surface area contributed by atoms with E-state index in [1.807, 2.05) is 36.4 Å². The molecule has 1 aliphatic rings. The molecular formula is C27H23N5O4. The van der Waals surface area contributed by atoms with Gasteiger partial charge in [0.1, 0.15) is 0 Å². The molecule has 5 rings (SSSR count). The van der Waals surface area contributed by atoms with Crippen LogP contribution in [-0.2, 0) is 4.79 Å². The third-order valence-electron chi connectivity index (χ3n) is 6.40. The maximum atomic E-state index is 13.8. The summed E-state index contributed by atoms with van der Waals surface area (Å²) in [7, 11) is 0. The summed E-state index contributed by atoms with van der Waals surface area (Å²) in [5.41, 5.74) is 2.75. The Hall–Kier alpha value is -4.79. The first-order valence-corrected chi connectivity index (χ1v) is 11.4. The molecule has 0 saturated heterocycles. The normalized spacial score (nSPS) is 16.2.